The van der Waals surface area contributed by atoms with Crippen LogP contribution in [0, 0.1) is 6.92 Å². The first-order chi connectivity index (χ1) is 9.85. The molecular formula is C13H12Cl2N2O3S. The third-order valence-electron chi connectivity index (χ3n) is 2.71. The zero-order chi connectivity index (χ0) is 15.6. The van der Waals surface area contributed by atoms with E-state index in [1.165, 1.54) is 25.4 Å². The van der Waals surface area contributed by atoms with E-state index in [4.69, 9.17) is 27.9 Å². The molecule has 0 aliphatic carbocycles. The number of benzene rings is 1. The van der Waals surface area contributed by atoms with Gasteiger partial charge in [0.2, 0.25) is 5.88 Å². The molecule has 0 saturated carbocycles. The van der Waals surface area contributed by atoms with Gasteiger partial charge in [0.25, 0.3) is 10.0 Å². The molecular weight excluding hydrogens is 335 g/mol. The number of aromatic nitrogens is 1. The average molecular weight is 347 g/mol. The number of aryl methyl sites for hydroxylation is 1. The second-order valence-corrected chi connectivity index (χ2v) is 6.66. The number of halogens is 2. The normalized spacial score (nSPS) is 11.2. The van der Waals surface area contributed by atoms with E-state index in [9.17, 15) is 8.42 Å². The number of rotatable bonds is 4. The fourth-order valence-electron chi connectivity index (χ4n) is 1.67. The number of hydrogen-bond acceptors (Lipinski definition) is 4. The average Bonchev–Trinajstić information content (AvgIpc) is 2.43. The molecule has 0 radical (unpaired) electrons. The van der Waals surface area contributed by atoms with Crippen molar-refractivity contribution in [3.8, 4) is 5.88 Å². The number of nitrogens with one attached hydrogen (secondary N) is 1. The summed E-state index contributed by atoms with van der Waals surface area (Å²) >= 11 is 11.9. The first-order valence-electron chi connectivity index (χ1n) is 5.82. The third kappa shape index (κ3) is 3.40. The fraction of sp³-hybridized carbons (Fsp3) is 0.154. The van der Waals surface area contributed by atoms with Gasteiger partial charge in [-0.05, 0) is 36.8 Å². The van der Waals surface area contributed by atoms with Crippen molar-refractivity contribution in [2.45, 2.75) is 11.8 Å². The minimum Gasteiger partial charge on any atom is -0.480 e. The molecule has 0 aliphatic rings. The van der Waals surface area contributed by atoms with Crippen molar-refractivity contribution < 1.29 is 13.2 Å². The van der Waals surface area contributed by atoms with Crippen LogP contribution in [0.4, 0.5) is 5.69 Å². The highest BCUT2D eigenvalue weighted by Crippen LogP contribution is 2.30. The van der Waals surface area contributed by atoms with E-state index >= 15 is 0 Å². The SMILES string of the molecule is COc1ncccc1NS(=O)(=O)c1cc(C)c(Cl)cc1Cl. The molecule has 5 nitrogen and oxygen atoms in total. The maximum Gasteiger partial charge on any atom is 0.263 e. The summed E-state index contributed by atoms with van der Waals surface area (Å²) in [5.74, 6) is 0.169. The van der Waals surface area contributed by atoms with Gasteiger partial charge in [-0.15, -0.1) is 0 Å². The second kappa shape index (κ2) is 6.09. The van der Waals surface area contributed by atoms with Gasteiger partial charge in [0, 0.05) is 11.2 Å². The van der Waals surface area contributed by atoms with Gasteiger partial charge in [-0.2, -0.15) is 0 Å². The van der Waals surface area contributed by atoms with Crippen molar-refractivity contribution >= 4 is 38.9 Å². The molecule has 0 atom stereocenters. The molecule has 0 spiro atoms. The van der Waals surface area contributed by atoms with Crippen molar-refractivity contribution in [2.75, 3.05) is 11.8 Å². The predicted molar refractivity (Wildman–Crippen MR) is 82.8 cm³/mol. The van der Waals surface area contributed by atoms with E-state index in [2.05, 4.69) is 9.71 Å². The van der Waals surface area contributed by atoms with Crippen LogP contribution >= 0.6 is 23.2 Å². The molecule has 1 aromatic heterocycles. The lowest BCUT2D eigenvalue weighted by Gasteiger charge is -2.12. The van der Waals surface area contributed by atoms with Gasteiger partial charge in [0.1, 0.15) is 10.6 Å². The Balaban J connectivity index is 2.46. The fourth-order valence-corrected chi connectivity index (χ4v) is 3.56. The Morgan fingerprint density at radius 2 is 1.95 bits per heavy atom. The molecule has 0 saturated heterocycles. The smallest absolute Gasteiger partial charge is 0.263 e. The Labute approximate surface area is 132 Å². The Morgan fingerprint density at radius 1 is 1.24 bits per heavy atom. The van der Waals surface area contributed by atoms with Crippen molar-refractivity contribution in [2.24, 2.45) is 0 Å². The summed E-state index contributed by atoms with van der Waals surface area (Å²) in [6, 6.07) is 5.94. The molecule has 0 fully saturated rings. The second-order valence-electron chi connectivity index (χ2n) is 4.20. The van der Waals surface area contributed by atoms with Crippen LogP contribution in [0.5, 0.6) is 5.88 Å². The zero-order valence-electron chi connectivity index (χ0n) is 11.2. The lowest BCUT2D eigenvalue weighted by atomic mass is 10.2. The number of nitrogens with zero attached hydrogens (tertiary/aromatic N) is 1. The Morgan fingerprint density at radius 3 is 2.62 bits per heavy atom. The summed E-state index contributed by atoms with van der Waals surface area (Å²) in [7, 11) is -2.47. The van der Waals surface area contributed by atoms with E-state index in [0.29, 0.717) is 10.6 Å². The predicted octanol–water partition coefficient (Wildman–Crippen LogP) is 3.51. The van der Waals surface area contributed by atoms with Crippen LogP contribution in [0.2, 0.25) is 10.0 Å². The summed E-state index contributed by atoms with van der Waals surface area (Å²) in [6.45, 7) is 1.70. The summed E-state index contributed by atoms with van der Waals surface area (Å²) in [6.07, 6.45) is 1.50. The highest BCUT2D eigenvalue weighted by atomic mass is 35.5. The molecule has 2 aromatic rings. The molecule has 1 N–H and O–H groups in total. The quantitative estimate of drug-likeness (QED) is 0.919. The van der Waals surface area contributed by atoms with E-state index in [0.717, 1.165) is 0 Å². The standard InChI is InChI=1S/C13H12Cl2N2O3S/c1-8-6-12(10(15)7-9(8)14)21(18,19)17-11-4-3-5-16-13(11)20-2/h3-7,17H,1-2H3. The maximum absolute atomic E-state index is 12.4. The Bertz CT molecular complexity index is 779. The molecule has 1 aromatic carbocycles. The summed E-state index contributed by atoms with van der Waals surface area (Å²) < 4.78 is 32.3. The molecule has 8 heteroatoms. The van der Waals surface area contributed by atoms with Crippen LogP contribution in [0.25, 0.3) is 0 Å². The molecule has 0 aliphatic heterocycles. The summed E-state index contributed by atoms with van der Waals surface area (Å²) in [5, 5.41) is 0.443. The topological polar surface area (TPSA) is 68.3 Å². The van der Waals surface area contributed by atoms with Crippen molar-refractivity contribution in [1.82, 2.24) is 4.98 Å². The third-order valence-corrected chi connectivity index (χ3v) is 4.95. The maximum atomic E-state index is 12.4. The van der Waals surface area contributed by atoms with Gasteiger partial charge in [-0.3, -0.25) is 4.72 Å². The van der Waals surface area contributed by atoms with Gasteiger partial charge in [-0.25, -0.2) is 13.4 Å². The number of sulfonamides is 1. The monoisotopic (exact) mass is 346 g/mol. The van der Waals surface area contributed by atoms with Crippen molar-refractivity contribution in [3.05, 3.63) is 46.1 Å². The van der Waals surface area contributed by atoms with E-state index in [1.54, 1.807) is 19.1 Å². The molecule has 0 unspecified atom stereocenters. The Hall–Kier alpha value is -1.50. The molecule has 1 heterocycles. The molecule has 0 bridgehead atoms. The van der Waals surface area contributed by atoms with Gasteiger partial charge in [-0.1, -0.05) is 23.2 Å². The van der Waals surface area contributed by atoms with Crippen molar-refractivity contribution in [3.63, 3.8) is 0 Å². The molecule has 0 amide bonds. The van der Waals surface area contributed by atoms with Gasteiger partial charge >= 0.3 is 0 Å². The van der Waals surface area contributed by atoms with Gasteiger partial charge < -0.3 is 4.74 Å². The van der Waals surface area contributed by atoms with Crippen molar-refractivity contribution in [1.29, 1.82) is 0 Å². The van der Waals surface area contributed by atoms with Crippen LogP contribution in [0.15, 0.2) is 35.4 Å². The molecule has 112 valence electrons. The largest absolute Gasteiger partial charge is 0.480 e. The number of anilines is 1. The van der Waals surface area contributed by atoms with E-state index in [1.807, 2.05) is 0 Å². The summed E-state index contributed by atoms with van der Waals surface area (Å²) in [5.41, 5.74) is 0.836. The van der Waals surface area contributed by atoms with Crippen LogP contribution in [0.1, 0.15) is 5.56 Å². The van der Waals surface area contributed by atoms with Crippen LogP contribution < -0.4 is 9.46 Å². The summed E-state index contributed by atoms with van der Waals surface area (Å²) in [4.78, 5) is 3.87. The lowest BCUT2D eigenvalue weighted by Crippen LogP contribution is -2.14. The molecule has 21 heavy (non-hydrogen) atoms. The van der Waals surface area contributed by atoms with E-state index < -0.39 is 10.0 Å². The number of hydrogen-bond donors (Lipinski definition) is 1. The first kappa shape index (κ1) is 15.9. The minimum atomic E-state index is -3.88. The number of pyridine rings is 1. The zero-order valence-corrected chi connectivity index (χ0v) is 13.6. The number of ether oxygens (including phenoxy) is 1. The lowest BCUT2D eigenvalue weighted by molar-refractivity contribution is 0.400. The highest BCUT2D eigenvalue weighted by Gasteiger charge is 2.21. The van der Waals surface area contributed by atoms with Gasteiger partial charge in [0.15, 0.2) is 0 Å². The van der Waals surface area contributed by atoms with Crippen LogP contribution in [-0.4, -0.2) is 20.5 Å². The van der Waals surface area contributed by atoms with Gasteiger partial charge in [0.05, 0.1) is 12.1 Å². The van der Waals surface area contributed by atoms with E-state index in [-0.39, 0.29) is 21.5 Å². The first-order valence-corrected chi connectivity index (χ1v) is 8.06. The Kier molecular flexibility index (Phi) is 4.61. The highest BCUT2D eigenvalue weighted by molar-refractivity contribution is 7.92. The van der Waals surface area contributed by atoms with Crippen LogP contribution in [-0.2, 0) is 10.0 Å². The number of methoxy groups -OCH3 is 1. The molecule has 2 rings (SSSR count). The van der Waals surface area contributed by atoms with Crippen LogP contribution in [0.3, 0.4) is 0 Å². The minimum absolute atomic E-state index is 0.0426.